The standard InChI is InChI=1S/C17H15ClN2O5/c1-11(17(23)20-15-7-4-13(18)8-19-15)25-16(22)10-24-14-5-2-12(9-21)3-6-14/h2-9,11H,10H2,1H3,(H,19,20,23)/t11-/m0/s1. The van der Waals surface area contributed by atoms with E-state index in [0.717, 1.165) is 0 Å². The first kappa shape index (κ1) is 18.4. The molecule has 25 heavy (non-hydrogen) atoms. The van der Waals surface area contributed by atoms with Crippen LogP contribution in [0.2, 0.25) is 5.02 Å². The number of ether oxygens (including phenoxy) is 2. The van der Waals surface area contributed by atoms with Crippen molar-refractivity contribution >= 4 is 35.6 Å². The summed E-state index contributed by atoms with van der Waals surface area (Å²) >= 11 is 5.71. The summed E-state index contributed by atoms with van der Waals surface area (Å²) in [5.41, 5.74) is 0.496. The molecule has 130 valence electrons. The molecule has 0 aliphatic heterocycles. The molecule has 1 atom stereocenters. The van der Waals surface area contributed by atoms with Gasteiger partial charge in [-0.05, 0) is 43.3 Å². The van der Waals surface area contributed by atoms with Gasteiger partial charge in [-0.3, -0.25) is 9.59 Å². The van der Waals surface area contributed by atoms with Crippen molar-refractivity contribution in [2.24, 2.45) is 0 Å². The van der Waals surface area contributed by atoms with Crippen LogP contribution in [0.25, 0.3) is 0 Å². The first-order valence-electron chi connectivity index (χ1n) is 7.28. The van der Waals surface area contributed by atoms with E-state index in [1.54, 1.807) is 30.3 Å². The minimum absolute atomic E-state index is 0.295. The Balaban J connectivity index is 1.79. The Morgan fingerprint density at radius 2 is 1.96 bits per heavy atom. The second-order valence-corrected chi connectivity index (χ2v) is 5.39. The van der Waals surface area contributed by atoms with Crippen LogP contribution < -0.4 is 10.1 Å². The Morgan fingerprint density at radius 1 is 1.24 bits per heavy atom. The van der Waals surface area contributed by atoms with Gasteiger partial charge >= 0.3 is 5.97 Å². The number of benzene rings is 1. The first-order chi connectivity index (χ1) is 12.0. The first-order valence-corrected chi connectivity index (χ1v) is 7.65. The van der Waals surface area contributed by atoms with Gasteiger partial charge in [-0.15, -0.1) is 0 Å². The Bertz CT molecular complexity index is 747. The third kappa shape index (κ3) is 5.89. The monoisotopic (exact) mass is 362 g/mol. The highest BCUT2D eigenvalue weighted by Crippen LogP contribution is 2.12. The molecule has 1 aromatic heterocycles. The van der Waals surface area contributed by atoms with Gasteiger partial charge in [0.25, 0.3) is 5.91 Å². The average Bonchev–Trinajstić information content (AvgIpc) is 2.62. The predicted octanol–water partition coefficient (Wildman–Crippen LogP) is 2.50. The summed E-state index contributed by atoms with van der Waals surface area (Å²) in [5.74, 6) is -0.529. The fourth-order valence-electron chi connectivity index (χ4n) is 1.75. The zero-order valence-corrected chi connectivity index (χ0v) is 14.0. The van der Waals surface area contributed by atoms with E-state index in [1.165, 1.54) is 19.2 Å². The van der Waals surface area contributed by atoms with E-state index in [2.05, 4.69) is 10.3 Å². The fourth-order valence-corrected chi connectivity index (χ4v) is 1.86. The van der Waals surface area contributed by atoms with Crippen LogP contribution >= 0.6 is 11.6 Å². The minimum atomic E-state index is -1.02. The Morgan fingerprint density at radius 3 is 2.56 bits per heavy atom. The molecule has 1 amide bonds. The van der Waals surface area contributed by atoms with Crippen molar-refractivity contribution in [3.05, 3.63) is 53.2 Å². The van der Waals surface area contributed by atoms with Crippen LogP contribution in [0.1, 0.15) is 17.3 Å². The van der Waals surface area contributed by atoms with Gasteiger partial charge in [0.15, 0.2) is 12.7 Å². The molecule has 0 radical (unpaired) electrons. The van der Waals surface area contributed by atoms with E-state index in [1.807, 2.05) is 0 Å². The zero-order chi connectivity index (χ0) is 18.2. The number of anilines is 1. The molecule has 1 heterocycles. The second kappa shape index (κ2) is 8.79. The normalized spacial score (nSPS) is 11.3. The van der Waals surface area contributed by atoms with Gasteiger partial charge in [0.1, 0.15) is 17.9 Å². The number of nitrogens with zero attached hydrogens (tertiary/aromatic N) is 1. The lowest BCUT2D eigenvalue weighted by Gasteiger charge is -2.13. The van der Waals surface area contributed by atoms with Crippen LogP contribution in [0.4, 0.5) is 5.82 Å². The van der Waals surface area contributed by atoms with E-state index in [4.69, 9.17) is 21.1 Å². The van der Waals surface area contributed by atoms with Gasteiger partial charge in [0.05, 0.1) is 5.02 Å². The predicted molar refractivity (Wildman–Crippen MR) is 90.8 cm³/mol. The number of hydrogen-bond acceptors (Lipinski definition) is 6. The highest BCUT2D eigenvalue weighted by atomic mass is 35.5. The molecule has 0 spiro atoms. The van der Waals surface area contributed by atoms with Crippen molar-refractivity contribution in [3.8, 4) is 5.75 Å². The summed E-state index contributed by atoms with van der Waals surface area (Å²) in [6.07, 6.45) is 1.07. The van der Waals surface area contributed by atoms with Crippen molar-refractivity contribution < 1.29 is 23.9 Å². The Hall–Kier alpha value is -2.93. The van der Waals surface area contributed by atoms with E-state index in [0.29, 0.717) is 28.4 Å². The second-order valence-electron chi connectivity index (χ2n) is 4.96. The van der Waals surface area contributed by atoms with Crippen molar-refractivity contribution in [1.29, 1.82) is 0 Å². The molecule has 0 aliphatic rings. The van der Waals surface area contributed by atoms with Crippen molar-refractivity contribution in [2.45, 2.75) is 13.0 Å². The quantitative estimate of drug-likeness (QED) is 0.600. The summed E-state index contributed by atoms with van der Waals surface area (Å²) < 4.78 is 10.2. The molecule has 2 rings (SSSR count). The highest BCUT2D eigenvalue weighted by Gasteiger charge is 2.18. The molecule has 2 aromatic rings. The minimum Gasteiger partial charge on any atom is -0.482 e. The maximum Gasteiger partial charge on any atom is 0.344 e. The van der Waals surface area contributed by atoms with Crippen LogP contribution in [0.15, 0.2) is 42.6 Å². The maximum absolute atomic E-state index is 11.9. The summed E-state index contributed by atoms with van der Waals surface area (Å²) in [6, 6.07) is 9.33. The van der Waals surface area contributed by atoms with Crippen LogP contribution in [-0.2, 0) is 14.3 Å². The lowest BCUT2D eigenvalue weighted by Crippen LogP contribution is -2.31. The molecule has 0 aliphatic carbocycles. The maximum atomic E-state index is 11.9. The molecule has 0 saturated carbocycles. The fraction of sp³-hybridized carbons (Fsp3) is 0.176. The lowest BCUT2D eigenvalue weighted by atomic mass is 10.2. The molecule has 1 aromatic carbocycles. The molecule has 8 heteroatoms. The number of aromatic nitrogens is 1. The van der Waals surface area contributed by atoms with Gasteiger partial charge in [0, 0.05) is 11.8 Å². The van der Waals surface area contributed by atoms with Crippen molar-refractivity contribution in [3.63, 3.8) is 0 Å². The number of nitrogens with one attached hydrogen (secondary N) is 1. The average molecular weight is 363 g/mol. The largest absolute Gasteiger partial charge is 0.482 e. The zero-order valence-electron chi connectivity index (χ0n) is 13.3. The third-order valence-electron chi connectivity index (χ3n) is 3.03. The summed E-state index contributed by atoms with van der Waals surface area (Å²) in [4.78, 5) is 38.1. The SMILES string of the molecule is C[C@H](OC(=O)COc1ccc(C=O)cc1)C(=O)Nc1ccc(Cl)cn1. The van der Waals surface area contributed by atoms with Crippen LogP contribution in [0.3, 0.4) is 0 Å². The van der Waals surface area contributed by atoms with Gasteiger partial charge in [-0.2, -0.15) is 0 Å². The Kier molecular flexibility index (Phi) is 6.47. The number of rotatable bonds is 7. The van der Waals surface area contributed by atoms with Crippen LogP contribution in [-0.4, -0.2) is 35.9 Å². The molecular weight excluding hydrogens is 348 g/mol. The molecule has 1 N–H and O–H groups in total. The van der Waals surface area contributed by atoms with E-state index >= 15 is 0 Å². The molecule has 0 fully saturated rings. The number of esters is 1. The summed E-state index contributed by atoms with van der Waals surface area (Å²) in [7, 11) is 0. The molecule has 7 nitrogen and oxygen atoms in total. The molecule has 0 unspecified atom stereocenters. The lowest BCUT2D eigenvalue weighted by molar-refractivity contribution is -0.155. The van der Waals surface area contributed by atoms with Gasteiger partial charge in [-0.25, -0.2) is 9.78 Å². The number of pyridine rings is 1. The Labute approximate surface area is 148 Å². The van der Waals surface area contributed by atoms with Crippen LogP contribution in [0, 0.1) is 0 Å². The van der Waals surface area contributed by atoms with E-state index < -0.39 is 18.0 Å². The number of carbonyl (C=O) groups is 3. The van der Waals surface area contributed by atoms with Crippen molar-refractivity contribution in [1.82, 2.24) is 4.98 Å². The number of halogens is 1. The van der Waals surface area contributed by atoms with Crippen LogP contribution in [0.5, 0.6) is 5.75 Å². The number of hydrogen-bond donors (Lipinski definition) is 1. The third-order valence-corrected chi connectivity index (χ3v) is 3.25. The van der Waals surface area contributed by atoms with Gasteiger partial charge in [-0.1, -0.05) is 11.6 Å². The number of carbonyl (C=O) groups excluding carboxylic acids is 3. The van der Waals surface area contributed by atoms with Gasteiger partial charge in [0.2, 0.25) is 0 Å². The number of aldehydes is 1. The van der Waals surface area contributed by atoms with E-state index in [9.17, 15) is 14.4 Å². The van der Waals surface area contributed by atoms with Crippen molar-refractivity contribution in [2.75, 3.05) is 11.9 Å². The molecular formula is C17H15ClN2O5. The topological polar surface area (TPSA) is 94.6 Å². The van der Waals surface area contributed by atoms with Gasteiger partial charge < -0.3 is 14.8 Å². The van der Waals surface area contributed by atoms with E-state index in [-0.39, 0.29) is 6.61 Å². The highest BCUT2D eigenvalue weighted by molar-refractivity contribution is 6.30. The summed E-state index contributed by atoms with van der Waals surface area (Å²) in [5, 5.41) is 2.94. The smallest absolute Gasteiger partial charge is 0.344 e. The summed E-state index contributed by atoms with van der Waals surface area (Å²) in [6.45, 7) is 1.07. The molecule has 0 bridgehead atoms. The molecule has 0 saturated heterocycles. The number of amides is 1.